The number of aliphatic hydroxyl groups excluding tert-OH is 2. The van der Waals surface area contributed by atoms with Crippen molar-refractivity contribution in [1.29, 1.82) is 0 Å². The van der Waals surface area contributed by atoms with Crippen LogP contribution >= 0.6 is 0 Å². The number of nitro groups is 1. The fraction of sp³-hybridized carbons (Fsp3) is 0.625. The Kier molecular flexibility index (Phi) is 18.8. The Hall–Kier alpha value is -2.05. The van der Waals surface area contributed by atoms with Gasteiger partial charge in [-0.05, 0) is 43.4 Å². The SMILES string of the molecule is CCCCC=CCCCCCCCCCC=O.O=[N+]([O-])c1ccc(C(O)CO)cc1. The molecule has 2 N–H and O–H groups in total. The Morgan fingerprint density at radius 2 is 1.40 bits per heavy atom. The van der Waals surface area contributed by atoms with E-state index in [4.69, 9.17) is 10.2 Å². The van der Waals surface area contributed by atoms with E-state index in [1.54, 1.807) is 0 Å². The van der Waals surface area contributed by atoms with Gasteiger partial charge >= 0.3 is 0 Å². The number of non-ortho nitro benzene ring substituents is 1. The summed E-state index contributed by atoms with van der Waals surface area (Å²) in [6.45, 7) is 1.85. The molecule has 0 saturated carbocycles. The lowest BCUT2D eigenvalue weighted by Gasteiger charge is -2.05. The van der Waals surface area contributed by atoms with E-state index in [9.17, 15) is 14.9 Å². The standard InChI is InChI=1S/C16H30O.C8H9NO4/c1-2-3-4-5-6-7-8-9-10-11-12-13-14-15-16-17;10-5-8(11)6-1-3-7(4-2-6)9(12)13/h5-6,16H,2-4,7-15H2,1H3;1-4,8,10-11H,5H2. The molecular weight excluding hydrogens is 382 g/mol. The van der Waals surface area contributed by atoms with E-state index < -0.39 is 17.6 Å². The third kappa shape index (κ3) is 15.8. The second kappa shape index (κ2) is 20.2. The number of benzene rings is 1. The first-order valence-electron chi connectivity index (χ1n) is 11.2. The van der Waals surface area contributed by atoms with Crippen molar-refractivity contribution in [3.8, 4) is 0 Å². The summed E-state index contributed by atoms with van der Waals surface area (Å²) in [5.41, 5.74) is 0.432. The van der Waals surface area contributed by atoms with Gasteiger partial charge in [0.05, 0.1) is 11.5 Å². The molecule has 0 amide bonds. The minimum Gasteiger partial charge on any atom is -0.393 e. The third-order valence-electron chi connectivity index (χ3n) is 4.75. The Morgan fingerprint density at radius 1 is 0.900 bits per heavy atom. The first-order chi connectivity index (χ1) is 14.6. The molecule has 0 saturated heterocycles. The van der Waals surface area contributed by atoms with Gasteiger partial charge in [0.25, 0.3) is 5.69 Å². The number of carbonyl (C=O) groups excluding carboxylic acids is 1. The third-order valence-corrected chi connectivity index (χ3v) is 4.75. The molecule has 1 atom stereocenters. The van der Waals surface area contributed by atoms with Crippen LogP contribution in [0.15, 0.2) is 36.4 Å². The van der Waals surface area contributed by atoms with Gasteiger partial charge in [-0.2, -0.15) is 0 Å². The summed E-state index contributed by atoms with van der Waals surface area (Å²) in [5, 5.41) is 28.0. The van der Waals surface area contributed by atoms with Crippen molar-refractivity contribution < 1.29 is 19.9 Å². The summed E-state index contributed by atoms with van der Waals surface area (Å²) >= 11 is 0. The monoisotopic (exact) mass is 421 g/mol. The van der Waals surface area contributed by atoms with E-state index >= 15 is 0 Å². The van der Waals surface area contributed by atoms with E-state index in [-0.39, 0.29) is 5.69 Å². The van der Waals surface area contributed by atoms with Crippen LogP contribution in [-0.4, -0.2) is 28.0 Å². The molecule has 0 aromatic heterocycles. The molecule has 30 heavy (non-hydrogen) atoms. The Labute approximate surface area is 181 Å². The van der Waals surface area contributed by atoms with Crippen LogP contribution in [0.5, 0.6) is 0 Å². The smallest absolute Gasteiger partial charge is 0.269 e. The van der Waals surface area contributed by atoms with Crippen molar-refractivity contribution in [2.75, 3.05) is 6.61 Å². The highest BCUT2D eigenvalue weighted by Gasteiger charge is 2.08. The maximum absolute atomic E-state index is 10.2. The van der Waals surface area contributed by atoms with Crippen molar-refractivity contribution in [2.45, 2.75) is 90.1 Å². The topological polar surface area (TPSA) is 101 Å². The molecule has 0 radical (unpaired) electrons. The summed E-state index contributed by atoms with van der Waals surface area (Å²) in [6, 6.07) is 5.40. The molecule has 0 spiro atoms. The first-order valence-corrected chi connectivity index (χ1v) is 11.2. The number of allylic oxidation sites excluding steroid dienone is 2. The average molecular weight is 422 g/mol. The van der Waals surface area contributed by atoms with Crippen molar-refractivity contribution in [1.82, 2.24) is 0 Å². The number of nitrogens with zero attached hydrogens (tertiary/aromatic N) is 1. The number of hydrogen-bond donors (Lipinski definition) is 2. The van der Waals surface area contributed by atoms with Crippen LogP contribution in [0.1, 0.15) is 95.6 Å². The first kappa shape index (κ1) is 27.9. The molecule has 1 unspecified atom stereocenters. The highest BCUT2D eigenvalue weighted by Crippen LogP contribution is 2.17. The van der Waals surface area contributed by atoms with Crippen LogP contribution in [0, 0.1) is 10.1 Å². The molecule has 0 heterocycles. The predicted octanol–water partition coefficient (Wildman–Crippen LogP) is 6.06. The molecule has 0 aliphatic heterocycles. The lowest BCUT2D eigenvalue weighted by atomic mass is 10.1. The van der Waals surface area contributed by atoms with Gasteiger partial charge in [-0.25, -0.2) is 0 Å². The zero-order valence-electron chi connectivity index (χ0n) is 18.4. The fourth-order valence-electron chi connectivity index (χ4n) is 2.86. The van der Waals surface area contributed by atoms with E-state index in [1.165, 1.54) is 88.5 Å². The van der Waals surface area contributed by atoms with E-state index in [0.29, 0.717) is 5.56 Å². The van der Waals surface area contributed by atoms with Crippen molar-refractivity contribution >= 4 is 12.0 Å². The zero-order chi connectivity index (χ0) is 22.5. The van der Waals surface area contributed by atoms with Crippen LogP contribution in [0.3, 0.4) is 0 Å². The van der Waals surface area contributed by atoms with Gasteiger partial charge in [-0.15, -0.1) is 0 Å². The van der Waals surface area contributed by atoms with Gasteiger partial charge in [0, 0.05) is 18.6 Å². The fourth-order valence-corrected chi connectivity index (χ4v) is 2.86. The second-order valence-electron chi connectivity index (χ2n) is 7.38. The number of unbranched alkanes of at least 4 members (excludes halogenated alkanes) is 10. The van der Waals surface area contributed by atoms with Gasteiger partial charge < -0.3 is 15.0 Å². The Morgan fingerprint density at radius 3 is 1.87 bits per heavy atom. The van der Waals surface area contributed by atoms with Gasteiger partial charge in [0.1, 0.15) is 12.4 Å². The van der Waals surface area contributed by atoms with Gasteiger partial charge in [0.15, 0.2) is 0 Å². The predicted molar refractivity (Wildman–Crippen MR) is 121 cm³/mol. The van der Waals surface area contributed by atoms with E-state index in [1.807, 2.05) is 0 Å². The minimum absolute atomic E-state index is 0.0334. The highest BCUT2D eigenvalue weighted by atomic mass is 16.6. The van der Waals surface area contributed by atoms with Gasteiger partial charge in [-0.3, -0.25) is 10.1 Å². The van der Waals surface area contributed by atoms with Crippen molar-refractivity contribution in [2.24, 2.45) is 0 Å². The second-order valence-corrected chi connectivity index (χ2v) is 7.38. The van der Waals surface area contributed by atoms with Crippen LogP contribution in [0.25, 0.3) is 0 Å². The molecular formula is C24H39NO5. The van der Waals surface area contributed by atoms with Crippen molar-refractivity contribution in [3.63, 3.8) is 0 Å². The van der Waals surface area contributed by atoms with Crippen LogP contribution in [0.2, 0.25) is 0 Å². The number of nitro benzene ring substituents is 1. The van der Waals surface area contributed by atoms with Crippen molar-refractivity contribution in [3.05, 3.63) is 52.1 Å². The molecule has 6 heteroatoms. The molecule has 0 fully saturated rings. The van der Waals surface area contributed by atoms with E-state index in [0.717, 1.165) is 19.1 Å². The lowest BCUT2D eigenvalue weighted by molar-refractivity contribution is -0.384. The summed E-state index contributed by atoms with van der Waals surface area (Å²) in [5.74, 6) is 0. The Balaban J connectivity index is 0.000000579. The normalized spacial score (nSPS) is 11.7. The van der Waals surface area contributed by atoms with E-state index in [2.05, 4.69) is 19.1 Å². The summed E-state index contributed by atoms with van der Waals surface area (Å²) in [7, 11) is 0. The number of hydrogen-bond acceptors (Lipinski definition) is 5. The molecule has 1 aromatic rings. The molecule has 1 rings (SSSR count). The molecule has 0 aliphatic carbocycles. The molecule has 170 valence electrons. The van der Waals surface area contributed by atoms with Gasteiger partial charge in [0.2, 0.25) is 0 Å². The quantitative estimate of drug-likeness (QED) is 0.111. The average Bonchev–Trinajstić information content (AvgIpc) is 2.77. The van der Waals surface area contributed by atoms with Crippen LogP contribution < -0.4 is 0 Å². The Bertz CT molecular complexity index is 571. The maximum atomic E-state index is 10.2. The lowest BCUT2D eigenvalue weighted by Crippen LogP contribution is -2.02. The molecule has 6 nitrogen and oxygen atoms in total. The van der Waals surface area contributed by atoms with Crippen LogP contribution in [-0.2, 0) is 4.79 Å². The summed E-state index contributed by atoms with van der Waals surface area (Å²) in [6.07, 6.45) is 19.7. The van der Waals surface area contributed by atoms with Crippen LogP contribution in [0.4, 0.5) is 5.69 Å². The minimum atomic E-state index is -0.971. The molecule has 0 aliphatic rings. The number of carbonyl (C=O) groups is 1. The number of rotatable bonds is 16. The highest BCUT2D eigenvalue weighted by molar-refractivity contribution is 5.48. The largest absolute Gasteiger partial charge is 0.393 e. The summed E-state index contributed by atoms with van der Waals surface area (Å²) in [4.78, 5) is 19.8. The zero-order valence-corrected chi connectivity index (χ0v) is 18.4. The maximum Gasteiger partial charge on any atom is 0.269 e. The molecule has 0 bridgehead atoms. The number of aldehydes is 1. The summed E-state index contributed by atoms with van der Waals surface area (Å²) < 4.78 is 0. The molecule has 1 aromatic carbocycles. The number of aliphatic hydroxyl groups is 2. The van der Waals surface area contributed by atoms with Gasteiger partial charge in [-0.1, -0.05) is 64.0 Å².